The summed E-state index contributed by atoms with van der Waals surface area (Å²) in [5.41, 5.74) is 6.94. The Labute approximate surface area is 136 Å². The third-order valence-electron chi connectivity index (χ3n) is 2.93. The SMILES string of the molecule is COc1ccc(C(Nc2cccc(Br)c2)C(N)=O)cc1Cl. The largest absolute Gasteiger partial charge is 0.495 e. The highest BCUT2D eigenvalue weighted by atomic mass is 79.9. The molecule has 0 saturated carbocycles. The van der Waals surface area contributed by atoms with Gasteiger partial charge in [-0.25, -0.2) is 0 Å². The molecule has 0 aromatic heterocycles. The Balaban J connectivity index is 2.31. The fourth-order valence-electron chi connectivity index (χ4n) is 1.93. The maximum Gasteiger partial charge on any atom is 0.244 e. The Kier molecular flexibility index (Phi) is 5.09. The van der Waals surface area contributed by atoms with Crippen molar-refractivity contribution in [2.75, 3.05) is 12.4 Å². The highest BCUT2D eigenvalue weighted by molar-refractivity contribution is 9.10. The van der Waals surface area contributed by atoms with E-state index in [1.807, 2.05) is 24.3 Å². The number of hydrogen-bond acceptors (Lipinski definition) is 3. The normalized spacial score (nSPS) is 11.8. The van der Waals surface area contributed by atoms with Gasteiger partial charge in [-0.05, 0) is 35.9 Å². The predicted octanol–water partition coefficient (Wildman–Crippen LogP) is 3.75. The number of carbonyl (C=O) groups is 1. The maximum atomic E-state index is 11.7. The molecule has 0 fully saturated rings. The predicted molar refractivity (Wildman–Crippen MR) is 87.7 cm³/mol. The van der Waals surface area contributed by atoms with Crippen LogP contribution in [-0.2, 0) is 4.79 Å². The van der Waals surface area contributed by atoms with Crippen molar-refractivity contribution in [2.45, 2.75) is 6.04 Å². The summed E-state index contributed by atoms with van der Waals surface area (Å²) >= 11 is 9.48. The second kappa shape index (κ2) is 6.83. The second-order valence-electron chi connectivity index (χ2n) is 4.38. The average molecular weight is 370 g/mol. The van der Waals surface area contributed by atoms with E-state index in [0.717, 1.165) is 10.2 Å². The summed E-state index contributed by atoms with van der Waals surface area (Å²) in [4.78, 5) is 11.7. The topological polar surface area (TPSA) is 64.3 Å². The molecule has 0 bridgehead atoms. The van der Waals surface area contributed by atoms with Gasteiger partial charge < -0.3 is 15.8 Å². The lowest BCUT2D eigenvalue weighted by Crippen LogP contribution is -2.27. The number of hydrogen-bond donors (Lipinski definition) is 2. The van der Waals surface area contributed by atoms with Crippen molar-refractivity contribution < 1.29 is 9.53 Å². The molecule has 2 aromatic carbocycles. The number of rotatable bonds is 5. The van der Waals surface area contributed by atoms with Gasteiger partial charge in [0, 0.05) is 10.2 Å². The van der Waals surface area contributed by atoms with Crippen LogP contribution in [0.2, 0.25) is 5.02 Å². The van der Waals surface area contributed by atoms with Gasteiger partial charge in [-0.1, -0.05) is 39.7 Å². The van der Waals surface area contributed by atoms with Crippen molar-refractivity contribution in [1.82, 2.24) is 0 Å². The van der Waals surface area contributed by atoms with E-state index in [4.69, 9.17) is 22.1 Å². The van der Waals surface area contributed by atoms with Gasteiger partial charge in [0.15, 0.2) is 0 Å². The van der Waals surface area contributed by atoms with Gasteiger partial charge in [0.1, 0.15) is 11.8 Å². The molecule has 3 N–H and O–H groups in total. The zero-order valence-electron chi connectivity index (χ0n) is 11.3. The summed E-state index contributed by atoms with van der Waals surface area (Å²) in [6, 6.07) is 11.9. The van der Waals surface area contributed by atoms with Crippen LogP contribution in [0.15, 0.2) is 46.9 Å². The second-order valence-corrected chi connectivity index (χ2v) is 5.71. The van der Waals surface area contributed by atoms with E-state index in [0.29, 0.717) is 16.3 Å². The number of methoxy groups -OCH3 is 1. The summed E-state index contributed by atoms with van der Waals surface area (Å²) in [5, 5.41) is 3.52. The van der Waals surface area contributed by atoms with E-state index in [2.05, 4.69) is 21.2 Å². The fraction of sp³-hybridized carbons (Fsp3) is 0.133. The Morgan fingerprint density at radius 2 is 2.10 bits per heavy atom. The number of primary amides is 1. The van der Waals surface area contributed by atoms with Crippen LogP contribution < -0.4 is 15.8 Å². The quantitative estimate of drug-likeness (QED) is 0.843. The van der Waals surface area contributed by atoms with Gasteiger partial charge in [-0.3, -0.25) is 4.79 Å². The van der Waals surface area contributed by atoms with Gasteiger partial charge in [0.25, 0.3) is 0 Å². The van der Waals surface area contributed by atoms with Gasteiger partial charge >= 0.3 is 0 Å². The number of halogens is 2. The minimum atomic E-state index is -0.678. The van der Waals surface area contributed by atoms with Crippen LogP contribution in [-0.4, -0.2) is 13.0 Å². The van der Waals surface area contributed by atoms with Crippen molar-refractivity contribution in [3.05, 3.63) is 57.5 Å². The third kappa shape index (κ3) is 3.89. The van der Waals surface area contributed by atoms with E-state index < -0.39 is 11.9 Å². The minimum absolute atomic E-state index is 0.428. The maximum absolute atomic E-state index is 11.7. The number of nitrogens with two attached hydrogens (primary N) is 1. The number of carbonyl (C=O) groups excluding carboxylic acids is 1. The molecule has 0 aliphatic rings. The minimum Gasteiger partial charge on any atom is -0.495 e. The van der Waals surface area contributed by atoms with Gasteiger partial charge in [0.2, 0.25) is 5.91 Å². The smallest absolute Gasteiger partial charge is 0.244 e. The summed E-state index contributed by atoms with van der Waals surface area (Å²) in [5.74, 6) is 0.0577. The Morgan fingerprint density at radius 3 is 2.67 bits per heavy atom. The van der Waals surface area contributed by atoms with Crippen LogP contribution in [0.25, 0.3) is 0 Å². The van der Waals surface area contributed by atoms with E-state index in [9.17, 15) is 4.79 Å². The molecular weight excluding hydrogens is 356 g/mol. The Morgan fingerprint density at radius 1 is 1.33 bits per heavy atom. The number of ether oxygens (including phenoxy) is 1. The number of anilines is 1. The van der Waals surface area contributed by atoms with Crippen molar-refractivity contribution >= 4 is 39.1 Å². The molecule has 2 rings (SSSR count). The van der Waals surface area contributed by atoms with Crippen molar-refractivity contribution in [3.8, 4) is 5.75 Å². The molecule has 0 radical (unpaired) electrons. The molecule has 0 saturated heterocycles. The van der Waals surface area contributed by atoms with Crippen LogP contribution in [0.1, 0.15) is 11.6 Å². The molecule has 0 aliphatic carbocycles. The number of amides is 1. The summed E-state index contributed by atoms with van der Waals surface area (Å²) in [6.45, 7) is 0. The zero-order valence-corrected chi connectivity index (χ0v) is 13.6. The highest BCUT2D eigenvalue weighted by Crippen LogP contribution is 2.29. The molecule has 6 heteroatoms. The molecule has 21 heavy (non-hydrogen) atoms. The summed E-state index contributed by atoms with van der Waals surface area (Å²) in [7, 11) is 1.53. The Hall–Kier alpha value is -1.72. The van der Waals surface area contributed by atoms with Gasteiger partial charge in [-0.2, -0.15) is 0 Å². The number of benzene rings is 2. The fourth-order valence-corrected chi connectivity index (χ4v) is 2.59. The zero-order chi connectivity index (χ0) is 15.4. The van der Waals surface area contributed by atoms with Gasteiger partial charge in [-0.15, -0.1) is 0 Å². The van der Waals surface area contributed by atoms with Crippen molar-refractivity contribution in [2.24, 2.45) is 5.73 Å². The lowest BCUT2D eigenvalue weighted by molar-refractivity contribution is -0.118. The molecule has 0 spiro atoms. The molecular formula is C15H14BrClN2O2. The molecule has 0 heterocycles. The van der Waals surface area contributed by atoms with Gasteiger partial charge in [0.05, 0.1) is 12.1 Å². The molecule has 1 atom stereocenters. The van der Waals surface area contributed by atoms with Crippen molar-refractivity contribution in [1.29, 1.82) is 0 Å². The van der Waals surface area contributed by atoms with E-state index in [-0.39, 0.29) is 0 Å². The van der Waals surface area contributed by atoms with E-state index >= 15 is 0 Å². The first-order chi connectivity index (χ1) is 10.0. The standard InChI is InChI=1S/C15H14BrClN2O2/c1-21-13-6-5-9(7-12(13)17)14(15(18)20)19-11-4-2-3-10(16)8-11/h2-8,14,19H,1H3,(H2,18,20). The van der Waals surface area contributed by atoms with Crippen LogP contribution >= 0.6 is 27.5 Å². The van der Waals surface area contributed by atoms with Crippen LogP contribution in [0.4, 0.5) is 5.69 Å². The monoisotopic (exact) mass is 368 g/mol. The summed E-state index contributed by atoms with van der Waals surface area (Å²) < 4.78 is 6.01. The number of nitrogens with one attached hydrogen (secondary N) is 1. The van der Waals surface area contributed by atoms with Crippen LogP contribution in [0.3, 0.4) is 0 Å². The summed E-state index contributed by atoms with van der Waals surface area (Å²) in [6.07, 6.45) is 0. The lowest BCUT2D eigenvalue weighted by Gasteiger charge is -2.18. The first-order valence-electron chi connectivity index (χ1n) is 6.16. The molecule has 1 amide bonds. The van der Waals surface area contributed by atoms with Crippen molar-refractivity contribution in [3.63, 3.8) is 0 Å². The molecule has 2 aromatic rings. The van der Waals surface area contributed by atoms with E-state index in [1.165, 1.54) is 7.11 Å². The van der Waals surface area contributed by atoms with Crippen LogP contribution in [0.5, 0.6) is 5.75 Å². The Bertz CT molecular complexity index is 664. The first-order valence-corrected chi connectivity index (χ1v) is 7.33. The highest BCUT2D eigenvalue weighted by Gasteiger charge is 2.19. The van der Waals surface area contributed by atoms with E-state index in [1.54, 1.807) is 18.2 Å². The molecule has 0 aliphatic heterocycles. The molecule has 110 valence electrons. The van der Waals surface area contributed by atoms with Crippen LogP contribution in [0, 0.1) is 0 Å². The molecule has 4 nitrogen and oxygen atoms in total. The lowest BCUT2D eigenvalue weighted by atomic mass is 10.1. The third-order valence-corrected chi connectivity index (χ3v) is 3.72. The molecule has 1 unspecified atom stereocenters. The first kappa shape index (κ1) is 15.7. The average Bonchev–Trinajstić information content (AvgIpc) is 2.44.